The van der Waals surface area contributed by atoms with Crippen LogP contribution in [0.4, 0.5) is 10.1 Å². The van der Waals surface area contributed by atoms with Crippen molar-refractivity contribution in [2.75, 3.05) is 7.05 Å². The van der Waals surface area contributed by atoms with Gasteiger partial charge >= 0.3 is 0 Å². The van der Waals surface area contributed by atoms with Gasteiger partial charge in [-0.2, -0.15) is 0 Å². The molecule has 0 heterocycles. The van der Waals surface area contributed by atoms with Crippen LogP contribution in [0.3, 0.4) is 0 Å². The van der Waals surface area contributed by atoms with Crippen molar-refractivity contribution in [2.45, 2.75) is 6.54 Å². The molecule has 122 valence electrons. The van der Waals surface area contributed by atoms with Crippen LogP contribution in [0.25, 0.3) is 0 Å². The van der Waals surface area contributed by atoms with Crippen molar-refractivity contribution in [2.24, 2.45) is 0 Å². The van der Waals surface area contributed by atoms with Crippen LogP contribution in [0.15, 0.2) is 40.9 Å². The first kappa shape index (κ1) is 19.2. The fraction of sp³-hybridized carbons (Fsp3) is 0.133. The zero-order chi connectivity index (χ0) is 17.4. The van der Waals surface area contributed by atoms with E-state index in [9.17, 15) is 19.3 Å². The molecule has 0 aliphatic heterocycles. The molecule has 0 radical (unpaired) electrons. The second kappa shape index (κ2) is 9.34. The van der Waals surface area contributed by atoms with Crippen LogP contribution in [0.2, 0.25) is 5.02 Å². The Morgan fingerprint density at radius 2 is 1.96 bits per heavy atom. The smallest absolute Gasteiger partial charge is 0.281 e. The Hall–Kier alpha value is -1.83. The van der Waals surface area contributed by atoms with Gasteiger partial charge in [-0.3, -0.25) is 14.9 Å². The fourth-order valence-corrected chi connectivity index (χ4v) is 2.07. The van der Waals surface area contributed by atoms with Crippen molar-refractivity contribution < 1.29 is 14.1 Å². The maximum atomic E-state index is 12.8. The highest BCUT2D eigenvalue weighted by molar-refractivity contribution is 9.10. The molecule has 0 aliphatic rings. The third-order valence-electron chi connectivity index (χ3n) is 2.69. The molecule has 0 saturated heterocycles. The summed E-state index contributed by atoms with van der Waals surface area (Å²) in [6.45, 7) is 0.900. The first-order valence-electron chi connectivity index (χ1n) is 6.36. The molecular formula is C15H13BrClFN2O3. The van der Waals surface area contributed by atoms with E-state index in [1.165, 1.54) is 5.56 Å². The van der Waals surface area contributed by atoms with Crippen LogP contribution in [-0.4, -0.2) is 18.3 Å². The minimum atomic E-state index is -0.742. The number of hydrogen-bond acceptors (Lipinski definition) is 4. The quantitative estimate of drug-likeness (QED) is 0.467. The van der Waals surface area contributed by atoms with Gasteiger partial charge in [-0.1, -0.05) is 23.7 Å². The van der Waals surface area contributed by atoms with Crippen LogP contribution in [0.1, 0.15) is 15.9 Å². The zero-order valence-electron chi connectivity index (χ0n) is 12.1. The number of aldehydes is 1. The van der Waals surface area contributed by atoms with E-state index in [0.717, 1.165) is 23.7 Å². The SMILES string of the molecule is CNCc1ccc(Cl)cc1.O=Cc1cc(F)c(Br)cc1[N+](=O)[O-]. The minimum absolute atomic E-state index is 0.0372. The molecule has 5 nitrogen and oxygen atoms in total. The molecule has 0 spiro atoms. The molecule has 2 aromatic carbocycles. The standard InChI is InChI=1S/C8H10ClN.C7H3BrFNO3/c1-10-6-7-2-4-8(9)5-3-7;8-5-2-7(10(12)13)4(3-11)1-6(5)9/h2-5,10H,6H2,1H3;1-3H. The number of benzene rings is 2. The second-order valence-electron chi connectivity index (χ2n) is 4.36. The Balaban J connectivity index is 0.000000238. The molecular weight excluding hydrogens is 391 g/mol. The number of nitro groups is 1. The highest BCUT2D eigenvalue weighted by Gasteiger charge is 2.16. The molecule has 0 aliphatic carbocycles. The Morgan fingerprint density at radius 1 is 1.35 bits per heavy atom. The summed E-state index contributed by atoms with van der Waals surface area (Å²) in [7, 11) is 1.93. The highest BCUT2D eigenvalue weighted by Crippen LogP contribution is 2.25. The maximum Gasteiger partial charge on any atom is 0.281 e. The Labute approximate surface area is 145 Å². The largest absolute Gasteiger partial charge is 0.316 e. The van der Waals surface area contributed by atoms with Gasteiger partial charge in [0.25, 0.3) is 5.69 Å². The van der Waals surface area contributed by atoms with Gasteiger partial charge in [-0.15, -0.1) is 0 Å². The molecule has 0 atom stereocenters. The zero-order valence-corrected chi connectivity index (χ0v) is 14.4. The first-order valence-corrected chi connectivity index (χ1v) is 7.53. The number of carbonyl (C=O) groups is 1. The van der Waals surface area contributed by atoms with E-state index >= 15 is 0 Å². The van der Waals surface area contributed by atoms with E-state index in [1.807, 2.05) is 31.3 Å². The molecule has 0 saturated carbocycles. The van der Waals surface area contributed by atoms with Crippen molar-refractivity contribution in [3.05, 3.63) is 73.0 Å². The van der Waals surface area contributed by atoms with Gasteiger partial charge in [-0.05, 0) is 46.7 Å². The maximum absolute atomic E-state index is 12.8. The lowest BCUT2D eigenvalue weighted by Gasteiger charge is -1.97. The number of carbonyl (C=O) groups excluding carboxylic acids is 1. The number of rotatable bonds is 4. The lowest BCUT2D eigenvalue weighted by molar-refractivity contribution is -0.385. The van der Waals surface area contributed by atoms with Crippen molar-refractivity contribution in [3.63, 3.8) is 0 Å². The van der Waals surface area contributed by atoms with Crippen LogP contribution < -0.4 is 5.32 Å². The number of hydrogen-bond donors (Lipinski definition) is 1. The number of nitrogens with one attached hydrogen (secondary N) is 1. The number of nitro benzene ring substituents is 1. The summed E-state index contributed by atoms with van der Waals surface area (Å²) in [6.07, 6.45) is 0.244. The topological polar surface area (TPSA) is 72.2 Å². The number of nitrogens with zero attached hydrogens (tertiary/aromatic N) is 1. The Kier molecular flexibility index (Phi) is 7.80. The highest BCUT2D eigenvalue weighted by atomic mass is 79.9. The molecule has 0 aromatic heterocycles. The van der Waals surface area contributed by atoms with Crippen LogP contribution in [0.5, 0.6) is 0 Å². The summed E-state index contributed by atoms with van der Waals surface area (Å²) in [5.74, 6) is -0.701. The van der Waals surface area contributed by atoms with Gasteiger partial charge in [-0.25, -0.2) is 4.39 Å². The minimum Gasteiger partial charge on any atom is -0.316 e. The summed E-state index contributed by atoms with van der Waals surface area (Å²) in [5.41, 5.74) is 0.570. The van der Waals surface area contributed by atoms with Gasteiger partial charge in [0.1, 0.15) is 5.82 Å². The van der Waals surface area contributed by atoms with E-state index < -0.39 is 16.4 Å². The lowest BCUT2D eigenvalue weighted by atomic mass is 10.2. The average Bonchev–Trinajstić information content (AvgIpc) is 2.52. The molecule has 2 aromatic rings. The monoisotopic (exact) mass is 402 g/mol. The van der Waals surface area contributed by atoms with E-state index in [-0.39, 0.29) is 16.3 Å². The van der Waals surface area contributed by atoms with Crippen molar-refractivity contribution in [1.82, 2.24) is 5.32 Å². The van der Waals surface area contributed by atoms with Gasteiger partial charge < -0.3 is 5.32 Å². The van der Waals surface area contributed by atoms with Gasteiger partial charge in [0, 0.05) is 17.6 Å². The van der Waals surface area contributed by atoms with Crippen LogP contribution in [0, 0.1) is 15.9 Å². The average molecular weight is 404 g/mol. The van der Waals surface area contributed by atoms with Crippen LogP contribution >= 0.6 is 27.5 Å². The van der Waals surface area contributed by atoms with E-state index in [2.05, 4.69) is 21.2 Å². The Morgan fingerprint density at radius 3 is 2.43 bits per heavy atom. The summed E-state index contributed by atoms with van der Waals surface area (Å²) < 4.78 is 12.7. The summed E-state index contributed by atoms with van der Waals surface area (Å²) >= 11 is 8.47. The van der Waals surface area contributed by atoms with Gasteiger partial charge in [0.15, 0.2) is 6.29 Å². The molecule has 0 amide bonds. The van der Waals surface area contributed by atoms with Crippen molar-refractivity contribution >= 4 is 39.5 Å². The predicted molar refractivity (Wildman–Crippen MR) is 90.4 cm³/mol. The van der Waals surface area contributed by atoms with Crippen molar-refractivity contribution in [1.29, 1.82) is 0 Å². The summed E-state index contributed by atoms with van der Waals surface area (Å²) in [5, 5.41) is 14.2. The molecule has 23 heavy (non-hydrogen) atoms. The molecule has 0 unspecified atom stereocenters. The normalized spacial score (nSPS) is 9.74. The molecule has 2 rings (SSSR count). The summed E-state index contributed by atoms with van der Waals surface area (Å²) in [4.78, 5) is 19.9. The molecule has 1 N–H and O–H groups in total. The third kappa shape index (κ3) is 6.05. The molecule has 8 heteroatoms. The molecule has 0 fully saturated rings. The fourth-order valence-electron chi connectivity index (χ4n) is 1.61. The third-order valence-corrected chi connectivity index (χ3v) is 3.55. The Bertz CT molecular complexity index is 696. The predicted octanol–water partition coefficient (Wildman–Crippen LogP) is 4.37. The lowest BCUT2D eigenvalue weighted by Crippen LogP contribution is -2.04. The van der Waals surface area contributed by atoms with E-state index in [0.29, 0.717) is 0 Å². The van der Waals surface area contributed by atoms with E-state index in [4.69, 9.17) is 11.6 Å². The van der Waals surface area contributed by atoms with Gasteiger partial charge in [0.2, 0.25) is 0 Å². The van der Waals surface area contributed by atoms with Crippen LogP contribution in [-0.2, 0) is 6.54 Å². The summed E-state index contributed by atoms with van der Waals surface area (Å²) in [6, 6.07) is 9.59. The van der Waals surface area contributed by atoms with E-state index in [1.54, 1.807) is 0 Å². The van der Waals surface area contributed by atoms with Gasteiger partial charge in [0.05, 0.1) is 15.0 Å². The first-order chi connectivity index (χ1) is 10.9. The number of halogens is 3. The molecule has 0 bridgehead atoms. The second-order valence-corrected chi connectivity index (χ2v) is 5.65. The van der Waals surface area contributed by atoms with Crippen molar-refractivity contribution in [3.8, 4) is 0 Å².